The zero-order valence-electron chi connectivity index (χ0n) is 9.78. The van der Waals surface area contributed by atoms with Crippen molar-refractivity contribution in [1.29, 1.82) is 0 Å². The summed E-state index contributed by atoms with van der Waals surface area (Å²) >= 11 is 11.9. The van der Waals surface area contributed by atoms with E-state index in [0.29, 0.717) is 28.2 Å². The second-order valence-electron chi connectivity index (χ2n) is 3.85. The van der Waals surface area contributed by atoms with E-state index in [0.717, 1.165) is 11.1 Å². The molecule has 18 heavy (non-hydrogen) atoms. The van der Waals surface area contributed by atoms with E-state index in [-0.39, 0.29) is 0 Å². The third-order valence-electron chi connectivity index (χ3n) is 2.42. The minimum absolute atomic E-state index is 0.450. The van der Waals surface area contributed by atoms with Crippen LogP contribution in [-0.4, -0.2) is 4.98 Å². The predicted molar refractivity (Wildman–Crippen MR) is 73.4 cm³/mol. The smallest absolute Gasteiger partial charge is 0.222 e. The Morgan fingerprint density at radius 3 is 2.72 bits per heavy atom. The third-order valence-corrected chi connectivity index (χ3v) is 2.97. The van der Waals surface area contributed by atoms with Crippen molar-refractivity contribution in [2.24, 2.45) is 5.73 Å². The molecular weight excluding hydrogens is 271 g/mol. The monoisotopic (exact) mass is 282 g/mol. The Balaban J connectivity index is 2.31. The van der Waals surface area contributed by atoms with Gasteiger partial charge in [-0.1, -0.05) is 23.2 Å². The highest BCUT2D eigenvalue weighted by molar-refractivity contribution is 6.34. The molecule has 2 N–H and O–H groups in total. The first-order valence-corrected chi connectivity index (χ1v) is 6.14. The number of hydrogen-bond donors (Lipinski definition) is 1. The van der Waals surface area contributed by atoms with Gasteiger partial charge in [0, 0.05) is 29.4 Å². The Labute approximate surface area is 115 Å². The van der Waals surface area contributed by atoms with Crippen LogP contribution in [0, 0.1) is 6.92 Å². The van der Waals surface area contributed by atoms with Crippen LogP contribution in [0.5, 0.6) is 11.6 Å². The molecule has 0 amide bonds. The second kappa shape index (κ2) is 5.57. The molecule has 0 fully saturated rings. The van der Waals surface area contributed by atoms with Gasteiger partial charge < -0.3 is 10.5 Å². The summed E-state index contributed by atoms with van der Waals surface area (Å²) in [7, 11) is 0. The zero-order valence-corrected chi connectivity index (χ0v) is 11.3. The number of pyridine rings is 1. The molecule has 1 aromatic heterocycles. The van der Waals surface area contributed by atoms with Crippen molar-refractivity contribution in [2.75, 3.05) is 0 Å². The largest absolute Gasteiger partial charge is 0.437 e. The zero-order chi connectivity index (χ0) is 13.1. The summed E-state index contributed by atoms with van der Waals surface area (Å²) in [6.07, 6.45) is 1.68. The number of hydrogen-bond acceptors (Lipinski definition) is 3. The Morgan fingerprint density at radius 1 is 1.28 bits per heavy atom. The average molecular weight is 283 g/mol. The van der Waals surface area contributed by atoms with Gasteiger partial charge in [0.1, 0.15) is 5.75 Å². The standard InChI is InChI=1S/C13H12Cl2N2O/c1-8-4-9(6-16)7-17-13(8)18-12-5-10(14)2-3-11(12)15/h2-5,7H,6,16H2,1H3. The molecule has 1 aromatic carbocycles. The Hall–Kier alpha value is -1.29. The van der Waals surface area contributed by atoms with Crippen LogP contribution in [0.15, 0.2) is 30.5 Å². The summed E-state index contributed by atoms with van der Waals surface area (Å²) < 4.78 is 5.65. The van der Waals surface area contributed by atoms with E-state index in [1.165, 1.54) is 0 Å². The summed E-state index contributed by atoms with van der Waals surface area (Å²) in [4.78, 5) is 4.21. The van der Waals surface area contributed by atoms with Crippen molar-refractivity contribution in [3.8, 4) is 11.6 Å². The van der Waals surface area contributed by atoms with E-state index in [1.807, 2.05) is 13.0 Å². The van der Waals surface area contributed by atoms with Crippen molar-refractivity contribution >= 4 is 23.2 Å². The van der Waals surface area contributed by atoms with E-state index in [9.17, 15) is 0 Å². The molecule has 0 atom stereocenters. The number of nitrogens with two attached hydrogens (primary N) is 1. The van der Waals surface area contributed by atoms with Crippen LogP contribution in [-0.2, 0) is 6.54 Å². The highest BCUT2D eigenvalue weighted by atomic mass is 35.5. The lowest BCUT2D eigenvalue weighted by Gasteiger charge is -2.10. The summed E-state index contributed by atoms with van der Waals surface area (Å²) in [6.45, 7) is 2.35. The number of benzene rings is 1. The average Bonchev–Trinajstić information content (AvgIpc) is 2.36. The van der Waals surface area contributed by atoms with Crippen LogP contribution in [0.3, 0.4) is 0 Å². The van der Waals surface area contributed by atoms with Gasteiger partial charge >= 0.3 is 0 Å². The summed E-state index contributed by atoms with van der Waals surface area (Å²) in [5.74, 6) is 0.983. The maximum Gasteiger partial charge on any atom is 0.222 e. The maximum atomic E-state index is 6.03. The van der Waals surface area contributed by atoms with E-state index in [4.69, 9.17) is 33.7 Å². The number of aryl methyl sites for hydroxylation is 1. The molecule has 2 aromatic rings. The van der Waals surface area contributed by atoms with Crippen LogP contribution in [0.4, 0.5) is 0 Å². The van der Waals surface area contributed by atoms with Crippen molar-refractivity contribution < 1.29 is 4.74 Å². The normalized spacial score (nSPS) is 10.4. The number of ether oxygens (including phenoxy) is 1. The molecule has 0 saturated heterocycles. The van der Waals surface area contributed by atoms with E-state index >= 15 is 0 Å². The van der Waals surface area contributed by atoms with Crippen LogP contribution >= 0.6 is 23.2 Å². The molecule has 0 radical (unpaired) electrons. The fraction of sp³-hybridized carbons (Fsp3) is 0.154. The lowest BCUT2D eigenvalue weighted by molar-refractivity contribution is 0.458. The molecule has 3 nitrogen and oxygen atoms in total. The van der Waals surface area contributed by atoms with E-state index in [2.05, 4.69) is 4.98 Å². The molecule has 0 aliphatic carbocycles. The maximum absolute atomic E-state index is 6.03. The predicted octanol–water partition coefficient (Wildman–Crippen LogP) is 3.95. The van der Waals surface area contributed by atoms with Crippen molar-refractivity contribution in [3.63, 3.8) is 0 Å². The topological polar surface area (TPSA) is 48.1 Å². The summed E-state index contributed by atoms with van der Waals surface area (Å²) in [5, 5.41) is 1.05. The Morgan fingerprint density at radius 2 is 2.06 bits per heavy atom. The summed E-state index contributed by atoms with van der Waals surface area (Å²) in [5.41, 5.74) is 7.40. The minimum atomic E-state index is 0.450. The lowest BCUT2D eigenvalue weighted by atomic mass is 10.2. The highest BCUT2D eigenvalue weighted by Gasteiger charge is 2.08. The first-order valence-electron chi connectivity index (χ1n) is 5.38. The van der Waals surface area contributed by atoms with Gasteiger partial charge in [-0.05, 0) is 30.7 Å². The van der Waals surface area contributed by atoms with Gasteiger partial charge in [0.2, 0.25) is 5.88 Å². The van der Waals surface area contributed by atoms with Crippen molar-refractivity contribution in [1.82, 2.24) is 4.98 Å². The molecular formula is C13H12Cl2N2O. The van der Waals surface area contributed by atoms with Gasteiger partial charge in [-0.3, -0.25) is 0 Å². The van der Waals surface area contributed by atoms with Crippen LogP contribution in [0.2, 0.25) is 10.0 Å². The fourth-order valence-electron chi connectivity index (χ4n) is 1.50. The first-order chi connectivity index (χ1) is 8.60. The molecule has 0 unspecified atom stereocenters. The summed E-state index contributed by atoms with van der Waals surface area (Å²) in [6, 6.07) is 6.97. The van der Waals surface area contributed by atoms with E-state index < -0.39 is 0 Å². The SMILES string of the molecule is Cc1cc(CN)cnc1Oc1cc(Cl)ccc1Cl. The highest BCUT2D eigenvalue weighted by Crippen LogP contribution is 2.32. The molecule has 5 heteroatoms. The van der Waals surface area contributed by atoms with Gasteiger partial charge in [-0.2, -0.15) is 0 Å². The second-order valence-corrected chi connectivity index (χ2v) is 4.69. The van der Waals surface area contributed by atoms with Crippen molar-refractivity contribution in [2.45, 2.75) is 13.5 Å². The number of rotatable bonds is 3. The first kappa shape index (κ1) is 13.1. The Bertz CT molecular complexity index is 573. The van der Waals surface area contributed by atoms with E-state index in [1.54, 1.807) is 24.4 Å². The van der Waals surface area contributed by atoms with Crippen LogP contribution in [0.25, 0.3) is 0 Å². The fourth-order valence-corrected chi connectivity index (χ4v) is 1.82. The Kier molecular flexibility index (Phi) is 4.07. The molecule has 0 saturated carbocycles. The van der Waals surface area contributed by atoms with Gasteiger partial charge in [0.05, 0.1) is 5.02 Å². The minimum Gasteiger partial charge on any atom is -0.437 e. The molecule has 0 aliphatic rings. The number of nitrogens with zero attached hydrogens (tertiary/aromatic N) is 1. The van der Waals surface area contributed by atoms with Crippen LogP contribution < -0.4 is 10.5 Å². The van der Waals surface area contributed by atoms with Gasteiger partial charge in [-0.25, -0.2) is 4.98 Å². The quantitative estimate of drug-likeness (QED) is 0.927. The van der Waals surface area contributed by atoms with Gasteiger partial charge in [0.25, 0.3) is 0 Å². The molecule has 0 aliphatic heterocycles. The molecule has 1 heterocycles. The molecule has 2 rings (SSSR count). The molecule has 94 valence electrons. The molecule has 0 spiro atoms. The van der Waals surface area contributed by atoms with Crippen LogP contribution in [0.1, 0.15) is 11.1 Å². The van der Waals surface area contributed by atoms with Gasteiger partial charge in [0.15, 0.2) is 0 Å². The molecule has 0 bridgehead atoms. The van der Waals surface area contributed by atoms with Gasteiger partial charge in [-0.15, -0.1) is 0 Å². The number of halogens is 2. The lowest BCUT2D eigenvalue weighted by Crippen LogP contribution is -1.99. The third kappa shape index (κ3) is 2.93. The van der Waals surface area contributed by atoms with Crippen molar-refractivity contribution in [3.05, 3.63) is 51.6 Å². The number of aromatic nitrogens is 1.